The number of nitrogens with one attached hydrogen (secondary N) is 2. The molecule has 31 heavy (non-hydrogen) atoms. The first kappa shape index (κ1) is 20.9. The van der Waals surface area contributed by atoms with Crippen molar-refractivity contribution in [1.82, 2.24) is 19.9 Å². The van der Waals surface area contributed by atoms with Crippen LogP contribution in [0.4, 0.5) is 10.2 Å². The molecule has 6 nitrogen and oxygen atoms in total. The molecule has 0 spiro atoms. The summed E-state index contributed by atoms with van der Waals surface area (Å²) >= 11 is 6.05. The maximum Gasteiger partial charge on any atom is 0.183 e. The van der Waals surface area contributed by atoms with Crippen molar-refractivity contribution in [2.24, 2.45) is 0 Å². The molecule has 0 aliphatic heterocycles. The Hall–Kier alpha value is -3.32. The Kier molecular flexibility index (Phi) is 6.23. The Labute approximate surface area is 183 Å². The van der Waals surface area contributed by atoms with Crippen LogP contribution < -0.4 is 5.32 Å². The summed E-state index contributed by atoms with van der Waals surface area (Å²) in [6, 6.07) is 11.2. The van der Waals surface area contributed by atoms with Gasteiger partial charge in [0.2, 0.25) is 0 Å². The average molecular weight is 438 g/mol. The van der Waals surface area contributed by atoms with E-state index in [4.69, 9.17) is 11.6 Å². The first-order valence-electron chi connectivity index (χ1n) is 10.00. The second kappa shape index (κ2) is 9.22. The molecular formula is C23H21ClFN5O. The number of ketones is 1. The van der Waals surface area contributed by atoms with Crippen LogP contribution in [0.5, 0.6) is 0 Å². The molecule has 1 aromatic carbocycles. The number of aromatic amines is 1. The topological polar surface area (TPSA) is 83.6 Å². The van der Waals surface area contributed by atoms with E-state index in [1.54, 1.807) is 19.2 Å². The zero-order valence-electron chi connectivity index (χ0n) is 16.9. The predicted octanol–water partition coefficient (Wildman–Crippen LogP) is 5.20. The molecule has 3 aromatic heterocycles. The zero-order chi connectivity index (χ0) is 21.8. The molecule has 0 saturated heterocycles. The summed E-state index contributed by atoms with van der Waals surface area (Å²) in [6.45, 7) is 1.71. The van der Waals surface area contributed by atoms with Crippen molar-refractivity contribution in [3.63, 3.8) is 0 Å². The van der Waals surface area contributed by atoms with Crippen LogP contribution in [0.25, 0.3) is 22.4 Å². The molecule has 3 heterocycles. The van der Waals surface area contributed by atoms with Crippen molar-refractivity contribution in [1.29, 1.82) is 0 Å². The molecule has 4 rings (SSSR count). The van der Waals surface area contributed by atoms with Crippen LogP contribution >= 0.6 is 11.6 Å². The van der Waals surface area contributed by atoms with Gasteiger partial charge in [0.1, 0.15) is 5.65 Å². The average Bonchev–Trinajstić information content (AvgIpc) is 3.19. The highest BCUT2D eigenvalue weighted by Gasteiger charge is 2.18. The van der Waals surface area contributed by atoms with Gasteiger partial charge in [0.25, 0.3) is 0 Å². The Morgan fingerprint density at radius 3 is 2.84 bits per heavy atom. The van der Waals surface area contributed by atoms with Gasteiger partial charge in [-0.2, -0.15) is 0 Å². The number of benzene rings is 1. The molecule has 0 fully saturated rings. The maximum absolute atomic E-state index is 14.3. The van der Waals surface area contributed by atoms with Gasteiger partial charge < -0.3 is 10.3 Å². The fraction of sp³-hybridized carbons (Fsp3) is 0.217. The number of hydrogen-bond acceptors (Lipinski definition) is 5. The smallest absolute Gasteiger partial charge is 0.183 e. The number of pyridine rings is 1. The van der Waals surface area contributed by atoms with Crippen molar-refractivity contribution in [3.05, 3.63) is 71.4 Å². The Balaban J connectivity index is 1.45. The number of carbonyl (C=O) groups is 1. The predicted molar refractivity (Wildman–Crippen MR) is 120 cm³/mol. The summed E-state index contributed by atoms with van der Waals surface area (Å²) in [5.41, 5.74) is 2.47. The molecule has 0 unspecified atom stereocenters. The van der Waals surface area contributed by atoms with E-state index in [1.807, 2.05) is 30.3 Å². The third-order valence-electron chi connectivity index (χ3n) is 5.05. The fourth-order valence-electron chi connectivity index (χ4n) is 3.37. The van der Waals surface area contributed by atoms with Gasteiger partial charge in [-0.25, -0.2) is 19.3 Å². The molecule has 1 atom stereocenters. The van der Waals surface area contributed by atoms with Gasteiger partial charge in [-0.3, -0.25) is 4.79 Å². The number of halogens is 2. The molecule has 0 amide bonds. The standard InChI is InChI=1S/C23H21ClFN5O/c1-14(20(31)9-5-8-15-6-3-2-4-7-15)29-23-19(25)13-28-22(30-23)18-12-27-21-17(18)10-16(24)11-26-21/h2-4,6-7,10-14H,5,8-9H2,1H3,(H,26,27)(H,28,29,30)/t14-/m0/s1. The van der Waals surface area contributed by atoms with Crippen molar-refractivity contribution in [2.75, 3.05) is 5.32 Å². The third-order valence-corrected chi connectivity index (χ3v) is 5.26. The van der Waals surface area contributed by atoms with Crippen LogP contribution in [0.3, 0.4) is 0 Å². The summed E-state index contributed by atoms with van der Waals surface area (Å²) in [5, 5.41) is 4.10. The first-order chi connectivity index (χ1) is 15.0. The quantitative estimate of drug-likeness (QED) is 0.395. The summed E-state index contributed by atoms with van der Waals surface area (Å²) in [6.07, 6.45) is 6.28. The van der Waals surface area contributed by atoms with E-state index in [9.17, 15) is 9.18 Å². The number of H-pyrrole nitrogens is 1. The molecule has 0 saturated carbocycles. The number of hydrogen-bond donors (Lipinski definition) is 2. The fourth-order valence-corrected chi connectivity index (χ4v) is 3.53. The number of aryl methyl sites for hydroxylation is 1. The van der Waals surface area contributed by atoms with E-state index < -0.39 is 11.9 Å². The van der Waals surface area contributed by atoms with Crippen LogP contribution in [-0.2, 0) is 11.2 Å². The van der Waals surface area contributed by atoms with E-state index in [-0.39, 0.29) is 11.6 Å². The lowest BCUT2D eigenvalue weighted by molar-refractivity contribution is -0.119. The molecule has 0 bridgehead atoms. The highest BCUT2D eigenvalue weighted by molar-refractivity contribution is 6.31. The summed E-state index contributed by atoms with van der Waals surface area (Å²) < 4.78 is 14.3. The number of aromatic nitrogens is 4. The van der Waals surface area contributed by atoms with Crippen LogP contribution in [0.1, 0.15) is 25.3 Å². The lowest BCUT2D eigenvalue weighted by Gasteiger charge is -2.14. The molecule has 4 aromatic rings. The third kappa shape index (κ3) is 4.88. The van der Waals surface area contributed by atoms with E-state index in [2.05, 4.69) is 25.3 Å². The van der Waals surface area contributed by atoms with Crippen LogP contribution in [-0.4, -0.2) is 31.8 Å². The van der Waals surface area contributed by atoms with E-state index in [1.165, 1.54) is 11.8 Å². The molecule has 8 heteroatoms. The molecular weight excluding hydrogens is 417 g/mol. The first-order valence-corrected chi connectivity index (χ1v) is 10.4. The van der Waals surface area contributed by atoms with Gasteiger partial charge in [0.05, 0.1) is 17.3 Å². The highest BCUT2D eigenvalue weighted by atomic mass is 35.5. The monoisotopic (exact) mass is 437 g/mol. The summed E-state index contributed by atoms with van der Waals surface area (Å²) in [4.78, 5) is 28.2. The van der Waals surface area contributed by atoms with Gasteiger partial charge in [0.15, 0.2) is 23.2 Å². The van der Waals surface area contributed by atoms with Crippen LogP contribution in [0.15, 0.2) is 55.0 Å². The van der Waals surface area contributed by atoms with E-state index in [0.29, 0.717) is 28.5 Å². The molecule has 0 radical (unpaired) electrons. The number of anilines is 1. The minimum Gasteiger partial charge on any atom is -0.358 e. The van der Waals surface area contributed by atoms with Crippen LogP contribution in [0.2, 0.25) is 5.02 Å². The van der Waals surface area contributed by atoms with Gasteiger partial charge >= 0.3 is 0 Å². The van der Waals surface area contributed by atoms with Crippen molar-refractivity contribution < 1.29 is 9.18 Å². The number of Topliss-reactive ketones (excluding diaryl/α,β-unsaturated/α-hetero) is 1. The maximum atomic E-state index is 14.3. The molecule has 0 aliphatic carbocycles. The Bertz CT molecular complexity index is 1210. The van der Waals surface area contributed by atoms with Gasteiger partial charge in [0, 0.05) is 29.8 Å². The van der Waals surface area contributed by atoms with Gasteiger partial charge in [-0.05, 0) is 31.4 Å². The highest BCUT2D eigenvalue weighted by Crippen LogP contribution is 2.28. The number of rotatable bonds is 8. The van der Waals surface area contributed by atoms with Crippen molar-refractivity contribution >= 4 is 34.2 Å². The van der Waals surface area contributed by atoms with Crippen LogP contribution in [0, 0.1) is 5.82 Å². The van der Waals surface area contributed by atoms with Gasteiger partial charge in [-0.15, -0.1) is 0 Å². The number of carbonyl (C=O) groups excluding carboxylic acids is 1. The zero-order valence-corrected chi connectivity index (χ0v) is 17.7. The lowest BCUT2D eigenvalue weighted by Crippen LogP contribution is -2.27. The second-order valence-corrected chi connectivity index (χ2v) is 7.75. The minimum absolute atomic E-state index is 0.00132. The van der Waals surface area contributed by atoms with E-state index >= 15 is 0 Å². The van der Waals surface area contributed by atoms with E-state index in [0.717, 1.165) is 24.4 Å². The van der Waals surface area contributed by atoms with Crippen molar-refractivity contribution in [3.8, 4) is 11.4 Å². The Morgan fingerprint density at radius 1 is 1.23 bits per heavy atom. The SMILES string of the molecule is C[C@H](Nc1nc(-c2c[nH]c3ncc(Cl)cc23)ncc1F)C(=O)CCCc1ccccc1. The molecule has 2 N–H and O–H groups in total. The number of nitrogens with zero attached hydrogens (tertiary/aromatic N) is 3. The number of fused-ring (bicyclic) bond motifs is 1. The second-order valence-electron chi connectivity index (χ2n) is 7.31. The molecule has 0 aliphatic rings. The van der Waals surface area contributed by atoms with Gasteiger partial charge in [-0.1, -0.05) is 41.9 Å². The van der Waals surface area contributed by atoms with Crippen molar-refractivity contribution in [2.45, 2.75) is 32.2 Å². The molecule has 158 valence electrons. The largest absolute Gasteiger partial charge is 0.358 e. The summed E-state index contributed by atoms with van der Waals surface area (Å²) in [7, 11) is 0. The summed E-state index contributed by atoms with van der Waals surface area (Å²) in [5.74, 6) is -0.330. The minimum atomic E-state index is -0.622. The normalized spacial score (nSPS) is 12.1. The lowest BCUT2D eigenvalue weighted by atomic mass is 10.0. The Morgan fingerprint density at radius 2 is 2.03 bits per heavy atom.